The van der Waals surface area contributed by atoms with Crippen LogP contribution in [0.3, 0.4) is 0 Å². The highest BCUT2D eigenvalue weighted by Gasteiger charge is 2.25. The van der Waals surface area contributed by atoms with Crippen molar-refractivity contribution in [3.8, 4) is 0 Å². The van der Waals surface area contributed by atoms with Crippen LogP contribution in [0.5, 0.6) is 0 Å². The molecule has 4 heteroatoms. The normalized spacial score (nSPS) is 13.5. The molecule has 0 radical (unpaired) electrons. The lowest BCUT2D eigenvalue weighted by molar-refractivity contribution is -0.153. The maximum atomic E-state index is 11.9. The minimum absolute atomic E-state index is 0.0201. The van der Waals surface area contributed by atoms with E-state index in [1.807, 2.05) is 0 Å². The second kappa shape index (κ2) is 17.8. The van der Waals surface area contributed by atoms with Gasteiger partial charge in [0, 0.05) is 12.5 Å². The molecular formula is C22H44O4. The molecular weight excluding hydrogens is 328 g/mol. The molecule has 26 heavy (non-hydrogen) atoms. The summed E-state index contributed by atoms with van der Waals surface area (Å²) in [5.74, 6) is -0.260. The maximum absolute atomic E-state index is 11.9. The predicted octanol–water partition coefficient (Wildman–Crippen LogP) is 5.92. The number of hydrogen-bond donors (Lipinski definition) is 0. The predicted molar refractivity (Wildman–Crippen MR) is 109 cm³/mol. The third kappa shape index (κ3) is 15.6. The molecule has 0 aliphatic rings. The first kappa shape index (κ1) is 25.4. The number of esters is 1. The van der Waals surface area contributed by atoms with Crippen molar-refractivity contribution in [1.29, 1.82) is 0 Å². The summed E-state index contributed by atoms with van der Waals surface area (Å²) >= 11 is 0. The number of ether oxygens (including phenoxy) is 3. The summed E-state index contributed by atoms with van der Waals surface area (Å²) < 4.78 is 15.7. The van der Waals surface area contributed by atoms with Crippen LogP contribution in [0.1, 0.15) is 97.8 Å². The van der Waals surface area contributed by atoms with Crippen LogP contribution in [0.15, 0.2) is 0 Å². The third-order valence-corrected chi connectivity index (χ3v) is 5.00. The fourth-order valence-electron chi connectivity index (χ4n) is 3.17. The molecule has 0 saturated heterocycles. The van der Waals surface area contributed by atoms with E-state index in [0.717, 1.165) is 12.8 Å². The van der Waals surface area contributed by atoms with Crippen LogP contribution in [0, 0.1) is 5.41 Å². The summed E-state index contributed by atoms with van der Waals surface area (Å²) in [4.78, 5) is 11.9. The number of unbranched alkanes of at least 4 members (excludes halogenated alkanes) is 8. The zero-order chi connectivity index (χ0) is 19.5. The fourth-order valence-corrected chi connectivity index (χ4v) is 3.17. The van der Waals surface area contributed by atoms with E-state index in [2.05, 4.69) is 20.8 Å². The van der Waals surface area contributed by atoms with E-state index < -0.39 is 0 Å². The van der Waals surface area contributed by atoms with Crippen molar-refractivity contribution in [2.24, 2.45) is 5.41 Å². The largest absolute Gasteiger partial charge is 0.463 e. The molecule has 0 aliphatic heterocycles. The second-order valence-corrected chi connectivity index (χ2v) is 7.85. The molecule has 0 fully saturated rings. The van der Waals surface area contributed by atoms with Crippen LogP contribution in [0.4, 0.5) is 0 Å². The van der Waals surface area contributed by atoms with Crippen LogP contribution in [0.25, 0.3) is 0 Å². The van der Waals surface area contributed by atoms with Gasteiger partial charge in [-0.25, -0.2) is 4.79 Å². The first-order chi connectivity index (χ1) is 12.6. The quantitative estimate of drug-likeness (QED) is 0.208. The van der Waals surface area contributed by atoms with E-state index in [4.69, 9.17) is 14.2 Å². The van der Waals surface area contributed by atoms with Crippen molar-refractivity contribution in [2.45, 2.75) is 97.8 Å². The molecule has 0 N–H and O–H groups in total. The van der Waals surface area contributed by atoms with Crippen molar-refractivity contribution in [2.75, 3.05) is 33.5 Å². The zero-order valence-corrected chi connectivity index (χ0v) is 17.9. The number of hydrogen-bond acceptors (Lipinski definition) is 4. The molecule has 0 aromatic rings. The Morgan fingerprint density at radius 3 is 1.92 bits per heavy atom. The molecule has 0 aliphatic carbocycles. The summed E-state index contributed by atoms with van der Waals surface area (Å²) in [5.41, 5.74) is 0.0979. The Bertz CT molecular complexity index is 319. The van der Waals surface area contributed by atoms with Gasteiger partial charge in [-0.05, 0) is 12.8 Å². The van der Waals surface area contributed by atoms with E-state index in [0.29, 0.717) is 19.8 Å². The zero-order valence-electron chi connectivity index (χ0n) is 17.9. The fraction of sp³-hybridized carbons (Fsp3) is 0.955. The Hall–Kier alpha value is -0.610. The van der Waals surface area contributed by atoms with Crippen LogP contribution in [-0.2, 0) is 19.0 Å². The van der Waals surface area contributed by atoms with Gasteiger partial charge in [0.25, 0.3) is 0 Å². The molecule has 0 saturated carbocycles. The van der Waals surface area contributed by atoms with E-state index >= 15 is 0 Å². The summed E-state index contributed by atoms with van der Waals surface area (Å²) in [6.45, 7) is 8.23. The number of methoxy groups -OCH3 is 1. The molecule has 4 nitrogen and oxygen atoms in total. The summed E-state index contributed by atoms with van der Waals surface area (Å²) in [6, 6.07) is 0. The monoisotopic (exact) mass is 372 g/mol. The van der Waals surface area contributed by atoms with Crippen molar-refractivity contribution in [3.63, 3.8) is 0 Å². The lowest BCUT2D eigenvalue weighted by Crippen LogP contribution is -2.27. The Balaban J connectivity index is 4.18. The molecule has 0 amide bonds. The van der Waals surface area contributed by atoms with Gasteiger partial charge in [0.05, 0.1) is 19.8 Å². The average Bonchev–Trinajstić information content (AvgIpc) is 2.64. The third-order valence-electron chi connectivity index (χ3n) is 5.00. The summed E-state index contributed by atoms with van der Waals surface area (Å²) in [6.07, 6.45) is 15.1. The number of carbonyl (C=O) groups is 1. The summed E-state index contributed by atoms with van der Waals surface area (Å²) in [7, 11) is 1.62. The van der Waals surface area contributed by atoms with Crippen molar-refractivity contribution in [1.82, 2.24) is 0 Å². The first-order valence-corrected chi connectivity index (χ1v) is 10.8. The number of rotatable bonds is 19. The van der Waals surface area contributed by atoms with Crippen molar-refractivity contribution < 1.29 is 19.0 Å². The van der Waals surface area contributed by atoms with Gasteiger partial charge in [0.1, 0.15) is 6.61 Å². The Kier molecular flexibility index (Phi) is 17.4. The molecule has 0 aromatic heterocycles. The number of carbonyl (C=O) groups excluding carboxylic acids is 1. The molecule has 0 heterocycles. The lowest BCUT2D eigenvalue weighted by Gasteiger charge is -2.29. The Labute approximate surface area is 162 Å². The van der Waals surface area contributed by atoms with Crippen LogP contribution >= 0.6 is 0 Å². The van der Waals surface area contributed by atoms with Crippen LogP contribution in [-0.4, -0.2) is 39.5 Å². The highest BCUT2D eigenvalue weighted by molar-refractivity contribution is 5.70. The lowest BCUT2D eigenvalue weighted by atomic mass is 9.80. The molecule has 0 spiro atoms. The Morgan fingerprint density at radius 2 is 1.35 bits per heavy atom. The highest BCUT2D eigenvalue weighted by atomic mass is 16.6. The second-order valence-electron chi connectivity index (χ2n) is 7.85. The topological polar surface area (TPSA) is 44.8 Å². The standard InChI is InChI=1S/C22H44O4/c1-5-7-9-11-12-14-16-22(3,15-13-10-8-6-2)20-26-21(23)19-25-18-17-24-4/h5-20H2,1-4H3. The molecule has 1 unspecified atom stereocenters. The average molecular weight is 373 g/mol. The minimum Gasteiger partial charge on any atom is -0.463 e. The van der Waals surface area contributed by atoms with E-state index in [1.54, 1.807) is 7.11 Å². The van der Waals surface area contributed by atoms with E-state index in [1.165, 1.54) is 64.2 Å². The van der Waals surface area contributed by atoms with Gasteiger partial charge in [0.15, 0.2) is 0 Å². The Morgan fingerprint density at radius 1 is 0.808 bits per heavy atom. The molecule has 156 valence electrons. The summed E-state index contributed by atoms with van der Waals surface area (Å²) in [5, 5.41) is 0. The van der Waals surface area contributed by atoms with Gasteiger partial charge in [-0.15, -0.1) is 0 Å². The highest BCUT2D eigenvalue weighted by Crippen LogP contribution is 2.32. The molecule has 0 aromatic carbocycles. The van der Waals surface area contributed by atoms with E-state index in [9.17, 15) is 4.79 Å². The van der Waals surface area contributed by atoms with Gasteiger partial charge in [-0.2, -0.15) is 0 Å². The van der Waals surface area contributed by atoms with Crippen molar-refractivity contribution in [3.05, 3.63) is 0 Å². The SMILES string of the molecule is CCCCCCCCC(C)(CCCCCC)COC(=O)COCCOC. The van der Waals surface area contributed by atoms with Gasteiger partial charge < -0.3 is 14.2 Å². The van der Waals surface area contributed by atoms with Gasteiger partial charge in [-0.1, -0.05) is 85.0 Å². The van der Waals surface area contributed by atoms with E-state index in [-0.39, 0.29) is 18.0 Å². The smallest absolute Gasteiger partial charge is 0.332 e. The van der Waals surface area contributed by atoms with Crippen LogP contribution in [0.2, 0.25) is 0 Å². The minimum atomic E-state index is -0.260. The maximum Gasteiger partial charge on any atom is 0.332 e. The van der Waals surface area contributed by atoms with Gasteiger partial charge in [-0.3, -0.25) is 0 Å². The first-order valence-electron chi connectivity index (χ1n) is 10.8. The van der Waals surface area contributed by atoms with Crippen LogP contribution < -0.4 is 0 Å². The molecule has 0 bridgehead atoms. The molecule has 0 rings (SSSR count). The van der Waals surface area contributed by atoms with Gasteiger partial charge in [0.2, 0.25) is 0 Å². The van der Waals surface area contributed by atoms with Gasteiger partial charge >= 0.3 is 5.97 Å². The van der Waals surface area contributed by atoms with Crippen molar-refractivity contribution >= 4 is 5.97 Å². The molecule has 1 atom stereocenters.